The van der Waals surface area contributed by atoms with Crippen molar-refractivity contribution in [3.8, 4) is 22.7 Å². The first-order valence-electron chi connectivity index (χ1n) is 8.16. The van der Waals surface area contributed by atoms with E-state index in [4.69, 9.17) is 16.3 Å². The molecule has 1 aromatic heterocycles. The zero-order chi connectivity index (χ0) is 22.1. The number of hydrogen-bond donors (Lipinski definition) is 1. The second-order valence-corrected chi connectivity index (χ2v) is 9.80. The molecule has 3 rings (SSSR count). The van der Waals surface area contributed by atoms with Crippen molar-refractivity contribution in [2.24, 2.45) is 0 Å². The molecule has 0 amide bonds. The topological polar surface area (TPSA) is 123 Å². The Hall–Kier alpha value is -1.27. The molecule has 0 saturated heterocycles. The second-order valence-electron chi connectivity index (χ2n) is 5.87. The standard InChI is InChI=1S/C17H16ClFN3O6PS.Na/c1-27-15-8-3-11(9-14(15)19)16-17(18)20-10-22(16)12-4-6-13(7-5-12)30(25,26)21-29(23,24)28-2;/h3-10H,1-2H3,(H2,21,23,24);/q;+1/p-1. The summed E-state index contributed by atoms with van der Waals surface area (Å²) in [4.78, 5) is 15.1. The summed E-state index contributed by atoms with van der Waals surface area (Å²) in [5.41, 5.74) is 1.24. The number of rotatable bonds is 7. The SMILES string of the molecule is COc1ccc(-c2c(Cl)ncn2-c2ccc(S(=O)(=O)NP(=O)([O-])OC)cc2)cc1F.[Na+]. The molecule has 14 heteroatoms. The molecule has 1 atom stereocenters. The number of nitrogens with zero attached hydrogens (tertiary/aromatic N) is 2. The summed E-state index contributed by atoms with van der Waals surface area (Å²) < 4.78 is 61.9. The van der Waals surface area contributed by atoms with E-state index in [0.717, 1.165) is 7.11 Å². The van der Waals surface area contributed by atoms with E-state index in [-0.39, 0.29) is 45.4 Å². The number of aromatic nitrogens is 2. The number of nitrogens with one attached hydrogen (secondary N) is 1. The van der Waals surface area contributed by atoms with Gasteiger partial charge in [0.2, 0.25) is 17.8 Å². The summed E-state index contributed by atoms with van der Waals surface area (Å²) in [6.45, 7) is 0. The fraction of sp³-hybridized carbons (Fsp3) is 0.118. The van der Waals surface area contributed by atoms with Gasteiger partial charge in [-0.25, -0.2) is 17.8 Å². The van der Waals surface area contributed by atoms with E-state index >= 15 is 0 Å². The molecular formula is C17H15ClFN3NaO6PS. The van der Waals surface area contributed by atoms with Crippen LogP contribution in [0.25, 0.3) is 16.9 Å². The Kier molecular flexibility index (Phi) is 8.48. The molecule has 1 heterocycles. The molecule has 9 nitrogen and oxygen atoms in total. The van der Waals surface area contributed by atoms with E-state index in [2.05, 4.69) is 9.51 Å². The van der Waals surface area contributed by atoms with Crippen molar-refractivity contribution in [2.45, 2.75) is 4.90 Å². The zero-order valence-electron chi connectivity index (χ0n) is 16.6. The normalized spacial score (nSPS) is 13.3. The molecule has 0 aliphatic rings. The van der Waals surface area contributed by atoms with Crippen LogP contribution in [0.4, 0.5) is 4.39 Å². The van der Waals surface area contributed by atoms with E-state index < -0.39 is 23.6 Å². The van der Waals surface area contributed by atoms with Gasteiger partial charge in [0.25, 0.3) is 0 Å². The van der Waals surface area contributed by atoms with Crippen LogP contribution in [0.2, 0.25) is 5.15 Å². The van der Waals surface area contributed by atoms with Crippen LogP contribution in [-0.4, -0.2) is 32.2 Å². The molecule has 0 saturated carbocycles. The summed E-state index contributed by atoms with van der Waals surface area (Å²) in [6.07, 6.45) is 1.39. The molecule has 0 spiro atoms. The third-order valence-electron chi connectivity index (χ3n) is 4.05. The van der Waals surface area contributed by atoms with Crippen LogP contribution < -0.4 is 43.7 Å². The van der Waals surface area contributed by atoms with E-state index in [1.165, 1.54) is 58.9 Å². The summed E-state index contributed by atoms with van der Waals surface area (Å²) in [7, 11) is -6.93. The van der Waals surface area contributed by atoms with Gasteiger partial charge >= 0.3 is 29.6 Å². The van der Waals surface area contributed by atoms with E-state index in [1.807, 2.05) is 0 Å². The molecule has 0 radical (unpaired) electrons. The van der Waals surface area contributed by atoms with Gasteiger partial charge in [0, 0.05) is 18.4 Å². The smallest absolute Gasteiger partial charge is 0.766 e. The Morgan fingerprint density at radius 2 is 1.84 bits per heavy atom. The molecule has 0 bridgehead atoms. The second kappa shape index (κ2) is 10.1. The third-order valence-corrected chi connectivity index (χ3v) is 7.55. The minimum atomic E-state index is -4.75. The van der Waals surface area contributed by atoms with Crippen LogP contribution in [-0.2, 0) is 19.1 Å². The van der Waals surface area contributed by atoms with Crippen molar-refractivity contribution in [1.29, 1.82) is 0 Å². The number of methoxy groups -OCH3 is 1. The Morgan fingerprint density at radius 3 is 2.39 bits per heavy atom. The molecule has 3 aromatic rings. The maximum absolute atomic E-state index is 14.1. The summed E-state index contributed by atoms with van der Waals surface area (Å²) in [6, 6.07) is 9.49. The number of halogens is 2. The van der Waals surface area contributed by atoms with Gasteiger partial charge in [0.05, 0.1) is 17.7 Å². The summed E-state index contributed by atoms with van der Waals surface area (Å²) in [5, 5.41) is 0.102. The van der Waals surface area contributed by atoms with E-state index in [9.17, 15) is 22.3 Å². The van der Waals surface area contributed by atoms with Crippen LogP contribution in [0.3, 0.4) is 0 Å². The van der Waals surface area contributed by atoms with Gasteiger partial charge in [-0.15, -0.1) is 4.49 Å². The Balaban J connectivity index is 0.00000341. The molecule has 0 aliphatic heterocycles. The van der Waals surface area contributed by atoms with Crippen LogP contribution in [0.15, 0.2) is 53.7 Å². The minimum Gasteiger partial charge on any atom is -0.766 e. The van der Waals surface area contributed by atoms with Crippen molar-refractivity contribution in [1.82, 2.24) is 14.0 Å². The van der Waals surface area contributed by atoms with Gasteiger partial charge in [0.1, 0.15) is 6.33 Å². The Bertz CT molecular complexity index is 1240. The maximum Gasteiger partial charge on any atom is 1.00 e. The summed E-state index contributed by atoms with van der Waals surface area (Å²) >= 11 is 6.18. The van der Waals surface area contributed by atoms with Crippen LogP contribution in [0.1, 0.15) is 0 Å². The first kappa shape index (κ1) is 26.0. The fourth-order valence-corrected chi connectivity index (χ4v) is 5.25. The van der Waals surface area contributed by atoms with Gasteiger partial charge in [-0.05, 0) is 42.5 Å². The molecule has 1 N–H and O–H groups in total. The van der Waals surface area contributed by atoms with Crippen LogP contribution in [0, 0.1) is 5.82 Å². The minimum absolute atomic E-state index is 0. The molecule has 31 heavy (non-hydrogen) atoms. The first-order chi connectivity index (χ1) is 14.1. The van der Waals surface area contributed by atoms with Crippen molar-refractivity contribution >= 4 is 29.4 Å². The number of sulfonamides is 1. The van der Waals surface area contributed by atoms with E-state index in [1.54, 1.807) is 6.07 Å². The quantitative estimate of drug-likeness (QED) is 0.352. The molecule has 1 unspecified atom stereocenters. The number of ether oxygens (including phenoxy) is 1. The number of imidazole rings is 1. The van der Waals surface area contributed by atoms with Gasteiger partial charge in [0.15, 0.2) is 16.7 Å². The average molecular weight is 498 g/mol. The molecule has 0 fully saturated rings. The van der Waals surface area contributed by atoms with Crippen LogP contribution >= 0.6 is 19.3 Å². The van der Waals surface area contributed by atoms with Gasteiger partial charge in [-0.2, -0.15) is 0 Å². The summed E-state index contributed by atoms with van der Waals surface area (Å²) in [5.74, 6) is -0.527. The predicted octanol–water partition coefficient (Wildman–Crippen LogP) is -0.263. The predicted molar refractivity (Wildman–Crippen MR) is 105 cm³/mol. The van der Waals surface area contributed by atoms with Crippen molar-refractivity contribution < 1.29 is 61.1 Å². The number of hydrogen-bond acceptors (Lipinski definition) is 7. The Morgan fingerprint density at radius 1 is 1.19 bits per heavy atom. The largest absolute Gasteiger partial charge is 1.00 e. The van der Waals surface area contributed by atoms with Crippen molar-refractivity contribution in [3.05, 3.63) is 59.8 Å². The Labute approximate surface area is 205 Å². The van der Waals surface area contributed by atoms with Gasteiger partial charge in [-0.1, -0.05) is 11.6 Å². The molecule has 160 valence electrons. The fourth-order valence-electron chi connectivity index (χ4n) is 2.62. The first-order valence-corrected chi connectivity index (χ1v) is 11.6. The van der Waals surface area contributed by atoms with Gasteiger partial charge < -0.3 is 14.2 Å². The van der Waals surface area contributed by atoms with E-state index in [0.29, 0.717) is 16.9 Å². The number of benzene rings is 2. The maximum atomic E-state index is 14.1. The van der Waals surface area contributed by atoms with Crippen LogP contribution in [0.5, 0.6) is 5.75 Å². The van der Waals surface area contributed by atoms with Crippen molar-refractivity contribution in [3.63, 3.8) is 0 Å². The molecule has 2 aromatic carbocycles. The zero-order valence-corrected chi connectivity index (χ0v) is 21.0. The third kappa shape index (κ3) is 5.75. The molecule has 0 aliphatic carbocycles. The molecular weight excluding hydrogens is 483 g/mol. The monoisotopic (exact) mass is 497 g/mol. The van der Waals surface area contributed by atoms with Crippen molar-refractivity contribution in [2.75, 3.05) is 14.2 Å². The van der Waals surface area contributed by atoms with Gasteiger partial charge in [-0.3, -0.25) is 9.13 Å². The average Bonchev–Trinajstić information content (AvgIpc) is 3.08.